The number of halogens is 6. The summed E-state index contributed by atoms with van der Waals surface area (Å²) in [5.41, 5.74) is 0.194. The van der Waals surface area contributed by atoms with Gasteiger partial charge in [-0.2, -0.15) is 18.3 Å². The highest BCUT2D eigenvalue weighted by Gasteiger charge is 2.37. The van der Waals surface area contributed by atoms with Crippen molar-refractivity contribution in [3.63, 3.8) is 0 Å². The quantitative estimate of drug-likeness (QED) is 0.0692. The monoisotopic (exact) mass is 719 g/mol. The zero-order chi connectivity index (χ0) is 36.7. The number of alkyl halides is 3. The Morgan fingerprint density at radius 1 is 1.12 bits per heavy atom. The van der Waals surface area contributed by atoms with E-state index in [4.69, 9.17) is 16.3 Å². The van der Waals surface area contributed by atoms with Crippen molar-refractivity contribution in [2.75, 3.05) is 6.61 Å². The SMILES string of the molecule is C=CCCCCc1cc(F)cc(C)c1-c1cc(C2CC2)c(F)c([C@H](CC(=O)OCC)NC(=O)[C@H](CC=C)n2nc(Cl)c(C(F)(F)F)cc2=O)c1. The summed E-state index contributed by atoms with van der Waals surface area (Å²) < 4.78 is 77.0. The minimum Gasteiger partial charge on any atom is -0.466 e. The first kappa shape index (κ1) is 38.5. The molecule has 0 bridgehead atoms. The van der Waals surface area contributed by atoms with Gasteiger partial charge < -0.3 is 10.1 Å². The zero-order valence-electron chi connectivity index (χ0n) is 27.8. The lowest BCUT2D eigenvalue weighted by Crippen LogP contribution is -2.41. The van der Waals surface area contributed by atoms with E-state index in [1.807, 2.05) is 6.08 Å². The van der Waals surface area contributed by atoms with E-state index in [0.29, 0.717) is 38.9 Å². The maximum Gasteiger partial charge on any atom is 0.419 e. The number of aromatic nitrogens is 2. The number of carbonyl (C=O) groups excluding carboxylic acids is 2. The number of benzene rings is 2. The van der Waals surface area contributed by atoms with E-state index in [0.717, 1.165) is 32.1 Å². The zero-order valence-corrected chi connectivity index (χ0v) is 28.6. The van der Waals surface area contributed by atoms with Gasteiger partial charge in [0.15, 0.2) is 5.15 Å². The fourth-order valence-electron chi connectivity index (χ4n) is 6.02. The van der Waals surface area contributed by atoms with Gasteiger partial charge in [0.25, 0.3) is 5.56 Å². The Kier molecular flexibility index (Phi) is 12.8. The Labute approximate surface area is 292 Å². The standard InChI is InChI=1S/C37H39ClF5N3O4/c1-5-8-9-10-12-23-16-25(39)15-21(4)33(23)24-17-26(22-13-14-22)34(40)27(18-24)29(20-32(48)50-7-3)44-36(49)30(11-6-2)46-31(47)19-28(35(38)45-46)37(41,42)43/h5-6,15-19,22,29-30H,1-2,7-14,20H2,3-4H3,(H,44,49)/t29-,30-/m0/s1. The van der Waals surface area contributed by atoms with Crippen molar-refractivity contribution in [1.29, 1.82) is 0 Å². The number of nitrogens with zero attached hydrogens (tertiary/aromatic N) is 2. The molecular weight excluding hydrogens is 681 g/mol. The third kappa shape index (κ3) is 9.26. The largest absolute Gasteiger partial charge is 0.466 e. The van der Waals surface area contributed by atoms with Crippen LogP contribution in [0.1, 0.15) is 97.7 Å². The third-order valence-corrected chi connectivity index (χ3v) is 8.77. The second-order valence-electron chi connectivity index (χ2n) is 12.3. The Morgan fingerprint density at radius 3 is 2.46 bits per heavy atom. The minimum atomic E-state index is -4.97. The minimum absolute atomic E-state index is 0.00178. The number of carbonyl (C=O) groups is 2. The number of unbranched alkanes of at least 4 members (excludes halogenated alkanes) is 2. The summed E-state index contributed by atoms with van der Waals surface area (Å²) in [5.74, 6) is -2.89. The molecule has 1 N–H and O–H groups in total. The van der Waals surface area contributed by atoms with Crippen LogP contribution in [0.25, 0.3) is 11.1 Å². The molecule has 0 unspecified atom stereocenters. The number of hydrogen-bond donors (Lipinski definition) is 1. The van der Waals surface area contributed by atoms with E-state index in [2.05, 4.69) is 23.6 Å². The molecule has 0 saturated heterocycles. The van der Waals surface area contributed by atoms with E-state index in [1.165, 1.54) is 24.3 Å². The molecule has 0 radical (unpaired) electrons. The Balaban J connectivity index is 1.84. The van der Waals surface area contributed by atoms with Crippen LogP contribution in [0.3, 0.4) is 0 Å². The topological polar surface area (TPSA) is 90.3 Å². The lowest BCUT2D eigenvalue weighted by molar-refractivity contribution is -0.144. The van der Waals surface area contributed by atoms with Crippen molar-refractivity contribution in [3.8, 4) is 11.1 Å². The molecule has 2 atom stereocenters. The van der Waals surface area contributed by atoms with Crippen LogP contribution in [0.2, 0.25) is 5.15 Å². The number of rotatable bonds is 16. The Morgan fingerprint density at radius 2 is 1.84 bits per heavy atom. The molecule has 1 aromatic heterocycles. The molecule has 0 aliphatic heterocycles. The smallest absolute Gasteiger partial charge is 0.419 e. The molecule has 1 heterocycles. The van der Waals surface area contributed by atoms with Crippen LogP contribution < -0.4 is 10.9 Å². The summed E-state index contributed by atoms with van der Waals surface area (Å²) in [6.45, 7) is 10.7. The average Bonchev–Trinajstić information content (AvgIpc) is 3.88. The predicted octanol–water partition coefficient (Wildman–Crippen LogP) is 8.87. The van der Waals surface area contributed by atoms with Gasteiger partial charge in [-0.15, -0.1) is 13.2 Å². The average molecular weight is 720 g/mol. The third-order valence-electron chi connectivity index (χ3n) is 8.49. The van der Waals surface area contributed by atoms with Crippen molar-refractivity contribution in [2.45, 2.75) is 89.4 Å². The molecule has 1 saturated carbocycles. The maximum atomic E-state index is 16.5. The molecule has 1 fully saturated rings. The van der Waals surface area contributed by atoms with Crippen LogP contribution in [0.15, 0.2) is 60.4 Å². The number of ether oxygens (including phenoxy) is 1. The van der Waals surface area contributed by atoms with Crippen LogP contribution >= 0.6 is 11.6 Å². The van der Waals surface area contributed by atoms with Crippen LogP contribution in [-0.4, -0.2) is 28.3 Å². The van der Waals surface area contributed by atoms with Crippen molar-refractivity contribution >= 4 is 23.5 Å². The first-order valence-corrected chi connectivity index (χ1v) is 16.7. The van der Waals surface area contributed by atoms with Crippen molar-refractivity contribution in [3.05, 3.63) is 111 Å². The summed E-state index contributed by atoms with van der Waals surface area (Å²) in [6, 6.07) is 3.42. The van der Waals surface area contributed by atoms with Gasteiger partial charge in [-0.1, -0.05) is 23.8 Å². The first-order chi connectivity index (χ1) is 23.7. The lowest BCUT2D eigenvalue weighted by atomic mass is 9.87. The highest BCUT2D eigenvalue weighted by molar-refractivity contribution is 6.30. The molecule has 50 heavy (non-hydrogen) atoms. The van der Waals surface area contributed by atoms with Gasteiger partial charge in [0.1, 0.15) is 23.2 Å². The number of allylic oxidation sites excluding steroid dienone is 2. The fourth-order valence-corrected chi connectivity index (χ4v) is 6.27. The van der Waals surface area contributed by atoms with E-state index < -0.39 is 64.5 Å². The van der Waals surface area contributed by atoms with Gasteiger partial charge in [-0.3, -0.25) is 14.4 Å². The maximum absolute atomic E-state index is 16.5. The summed E-state index contributed by atoms with van der Waals surface area (Å²) in [5, 5.41) is 5.15. The van der Waals surface area contributed by atoms with Crippen molar-refractivity contribution in [1.82, 2.24) is 15.1 Å². The summed E-state index contributed by atoms with van der Waals surface area (Å²) in [7, 11) is 0. The second-order valence-corrected chi connectivity index (χ2v) is 12.6. The molecule has 13 heteroatoms. The van der Waals surface area contributed by atoms with Crippen LogP contribution in [0.4, 0.5) is 22.0 Å². The molecule has 2 aromatic carbocycles. The summed E-state index contributed by atoms with van der Waals surface area (Å²) in [4.78, 5) is 39.6. The highest BCUT2D eigenvalue weighted by Crippen LogP contribution is 2.45. The predicted molar refractivity (Wildman–Crippen MR) is 181 cm³/mol. The first-order valence-electron chi connectivity index (χ1n) is 16.4. The van der Waals surface area contributed by atoms with Crippen molar-refractivity contribution < 1.29 is 36.3 Å². The number of esters is 1. The summed E-state index contributed by atoms with van der Waals surface area (Å²) >= 11 is 5.79. The Hall–Kier alpha value is -4.32. The lowest BCUT2D eigenvalue weighted by Gasteiger charge is -2.25. The fraction of sp³-hybridized carbons (Fsp3) is 0.405. The van der Waals surface area contributed by atoms with Gasteiger partial charge in [0.2, 0.25) is 5.91 Å². The van der Waals surface area contributed by atoms with Crippen LogP contribution in [0, 0.1) is 18.6 Å². The van der Waals surface area contributed by atoms with Gasteiger partial charge in [0, 0.05) is 11.6 Å². The molecular formula is C37H39ClF5N3O4. The number of hydrogen-bond acceptors (Lipinski definition) is 5. The van der Waals surface area contributed by atoms with Crippen LogP contribution in [0.5, 0.6) is 0 Å². The summed E-state index contributed by atoms with van der Waals surface area (Å²) in [6.07, 6.45) is 1.65. The van der Waals surface area contributed by atoms with Crippen molar-refractivity contribution in [2.24, 2.45) is 0 Å². The number of aryl methyl sites for hydroxylation is 2. The van der Waals surface area contributed by atoms with E-state index in [-0.39, 0.29) is 30.6 Å². The van der Waals surface area contributed by atoms with Gasteiger partial charge >= 0.3 is 12.1 Å². The molecule has 4 rings (SSSR count). The van der Waals surface area contributed by atoms with E-state index in [9.17, 15) is 31.9 Å². The number of amides is 1. The molecule has 7 nitrogen and oxygen atoms in total. The Bertz CT molecular complexity index is 1820. The van der Waals surface area contributed by atoms with E-state index in [1.54, 1.807) is 19.9 Å². The normalized spacial score (nSPS) is 14.2. The molecule has 1 aliphatic rings. The molecule has 3 aromatic rings. The molecule has 0 spiro atoms. The van der Waals surface area contributed by atoms with Crippen LogP contribution in [-0.2, 0) is 26.9 Å². The highest BCUT2D eigenvalue weighted by atomic mass is 35.5. The van der Waals surface area contributed by atoms with E-state index >= 15 is 4.39 Å². The molecule has 1 aliphatic carbocycles. The van der Waals surface area contributed by atoms with Gasteiger partial charge in [-0.05, 0) is 117 Å². The molecule has 268 valence electrons. The number of nitrogens with one attached hydrogen (secondary N) is 1. The molecule has 1 amide bonds. The van der Waals surface area contributed by atoms with Gasteiger partial charge in [-0.25, -0.2) is 13.5 Å². The second kappa shape index (κ2) is 16.6. The van der Waals surface area contributed by atoms with Gasteiger partial charge in [0.05, 0.1) is 19.1 Å².